The average Bonchev–Trinajstić information content (AvgIpc) is 3.60. The van der Waals surface area contributed by atoms with Gasteiger partial charge in [-0.05, 0) is 79.8 Å². The van der Waals surface area contributed by atoms with E-state index in [4.69, 9.17) is 23.7 Å². The van der Waals surface area contributed by atoms with Crippen LogP contribution in [0.25, 0.3) is 10.9 Å². The van der Waals surface area contributed by atoms with Gasteiger partial charge in [0.25, 0.3) is 0 Å². The van der Waals surface area contributed by atoms with Crippen molar-refractivity contribution in [2.75, 3.05) is 21.3 Å². The Morgan fingerprint density at radius 1 is 0.872 bits per heavy atom. The van der Waals surface area contributed by atoms with Crippen LogP contribution in [0.1, 0.15) is 52.0 Å². The molecule has 4 aromatic rings. The van der Waals surface area contributed by atoms with E-state index in [2.05, 4.69) is 5.10 Å². The number of carbonyl (C=O) groups is 2. The highest BCUT2D eigenvalue weighted by molar-refractivity contribution is 5.95. The molecule has 0 N–H and O–H groups in total. The highest BCUT2D eigenvalue weighted by atomic mass is 16.5. The number of carbonyl (C=O) groups excluding carboxylic acids is 2. The minimum absolute atomic E-state index is 0.106. The molecule has 1 aliphatic rings. The van der Waals surface area contributed by atoms with Crippen LogP contribution in [0.3, 0.4) is 0 Å². The Bertz CT molecular complexity index is 1500. The molecule has 0 aliphatic heterocycles. The molecular weight excluding hydrogens is 500 g/mol. The molecule has 0 atom stereocenters. The summed E-state index contributed by atoms with van der Waals surface area (Å²) in [5.41, 5.74) is 2.33. The normalized spacial score (nSPS) is 13.3. The second kappa shape index (κ2) is 11.5. The lowest BCUT2D eigenvalue weighted by atomic mass is 10.1. The Hall–Kier alpha value is -4.53. The molecule has 1 heterocycles. The van der Waals surface area contributed by atoms with Crippen LogP contribution in [0.4, 0.5) is 0 Å². The van der Waals surface area contributed by atoms with Gasteiger partial charge in [0, 0.05) is 0 Å². The molecule has 1 saturated carbocycles. The zero-order chi connectivity index (χ0) is 27.4. The van der Waals surface area contributed by atoms with Crippen LogP contribution in [0.15, 0.2) is 60.7 Å². The largest absolute Gasteiger partial charge is 0.497 e. The summed E-state index contributed by atoms with van der Waals surface area (Å²) in [6.45, 7) is 0.340. The van der Waals surface area contributed by atoms with E-state index in [1.807, 2.05) is 18.2 Å². The molecule has 3 aromatic carbocycles. The quantitative estimate of drug-likeness (QED) is 0.264. The van der Waals surface area contributed by atoms with Crippen molar-refractivity contribution in [2.24, 2.45) is 0 Å². The van der Waals surface area contributed by atoms with Crippen molar-refractivity contribution in [1.82, 2.24) is 9.78 Å². The first-order chi connectivity index (χ1) is 19.0. The van der Waals surface area contributed by atoms with Gasteiger partial charge in [-0.2, -0.15) is 0 Å². The fourth-order valence-electron chi connectivity index (χ4n) is 4.77. The van der Waals surface area contributed by atoms with Gasteiger partial charge in [0.2, 0.25) is 5.88 Å². The SMILES string of the molecule is COC(=O)c1cccc(Cn2nc(OC(=O)c3ccc(OC)c(OC4CCCC4)c3)c3cc(OC)ccc32)c1. The third kappa shape index (κ3) is 5.67. The molecule has 5 rings (SSSR count). The monoisotopic (exact) mass is 530 g/mol. The zero-order valence-electron chi connectivity index (χ0n) is 22.1. The number of hydrogen-bond donors (Lipinski definition) is 0. The molecular formula is C30H30N2O7. The first-order valence-corrected chi connectivity index (χ1v) is 12.8. The molecule has 1 aromatic heterocycles. The Balaban J connectivity index is 1.45. The lowest BCUT2D eigenvalue weighted by Crippen LogP contribution is -2.14. The molecule has 0 unspecified atom stereocenters. The van der Waals surface area contributed by atoms with Gasteiger partial charge in [0.05, 0.1) is 56.0 Å². The zero-order valence-corrected chi connectivity index (χ0v) is 22.1. The fraction of sp³-hybridized carbons (Fsp3) is 0.300. The van der Waals surface area contributed by atoms with Gasteiger partial charge < -0.3 is 23.7 Å². The van der Waals surface area contributed by atoms with Crippen molar-refractivity contribution in [3.63, 3.8) is 0 Å². The molecule has 0 bridgehead atoms. The molecule has 9 nitrogen and oxygen atoms in total. The summed E-state index contributed by atoms with van der Waals surface area (Å²) in [4.78, 5) is 25.3. The Kier molecular flexibility index (Phi) is 7.67. The number of aromatic nitrogens is 2. The number of hydrogen-bond acceptors (Lipinski definition) is 8. The maximum atomic E-state index is 13.3. The van der Waals surface area contributed by atoms with Crippen molar-refractivity contribution in [1.29, 1.82) is 0 Å². The highest BCUT2D eigenvalue weighted by Crippen LogP contribution is 2.34. The number of rotatable bonds is 9. The van der Waals surface area contributed by atoms with E-state index in [0.29, 0.717) is 40.3 Å². The van der Waals surface area contributed by atoms with Crippen LogP contribution in [0.2, 0.25) is 0 Å². The van der Waals surface area contributed by atoms with Crippen molar-refractivity contribution in [3.05, 3.63) is 77.4 Å². The number of fused-ring (bicyclic) bond motifs is 1. The number of methoxy groups -OCH3 is 3. The van der Waals surface area contributed by atoms with Crippen molar-refractivity contribution < 1.29 is 33.3 Å². The minimum atomic E-state index is -0.573. The van der Waals surface area contributed by atoms with E-state index in [1.165, 1.54) is 7.11 Å². The first kappa shape index (κ1) is 26.1. The Morgan fingerprint density at radius 2 is 1.67 bits per heavy atom. The molecule has 39 heavy (non-hydrogen) atoms. The molecule has 202 valence electrons. The summed E-state index contributed by atoms with van der Waals surface area (Å²) < 4.78 is 29.4. The molecule has 1 aliphatic carbocycles. The third-order valence-corrected chi connectivity index (χ3v) is 6.79. The summed E-state index contributed by atoms with van der Waals surface area (Å²) in [5.74, 6) is 0.831. The number of ether oxygens (including phenoxy) is 5. The van der Waals surface area contributed by atoms with Crippen LogP contribution in [0, 0.1) is 0 Å². The third-order valence-electron chi connectivity index (χ3n) is 6.79. The number of nitrogens with zero attached hydrogens (tertiary/aromatic N) is 2. The smallest absolute Gasteiger partial charge is 0.345 e. The van der Waals surface area contributed by atoms with Gasteiger partial charge in [-0.25, -0.2) is 9.59 Å². The van der Waals surface area contributed by atoms with Gasteiger partial charge in [-0.3, -0.25) is 4.68 Å². The number of esters is 2. The van der Waals surface area contributed by atoms with Crippen LogP contribution in [0.5, 0.6) is 23.1 Å². The van der Waals surface area contributed by atoms with E-state index < -0.39 is 11.9 Å². The predicted octanol–water partition coefficient (Wildman–Crippen LogP) is 5.43. The summed E-state index contributed by atoms with van der Waals surface area (Å²) >= 11 is 0. The maximum Gasteiger partial charge on any atom is 0.345 e. The topological polar surface area (TPSA) is 98.1 Å². The van der Waals surface area contributed by atoms with E-state index in [0.717, 1.165) is 36.8 Å². The van der Waals surface area contributed by atoms with Crippen LogP contribution >= 0.6 is 0 Å². The highest BCUT2D eigenvalue weighted by Gasteiger charge is 2.22. The lowest BCUT2D eigenvalue weighted by molar-refractivity contribution is 0.0600. The summed E-state index contributed by atoms with van der Waals surface area (Å²) in [6.07, 6.45) is 4.31. The van der Waals surface area contributed by atoms with Gasteiger partial charge >= 0.3 is 11.9 Å². The van der Waals surface area contributed by atoms with Gasteiger partial charge in [0.1, 0.15) is 5.75 Å². The Labute approximate surface area is 226 Å². The lowest BCUT2D eigenvalue weighted by Gasteiger charge is -2.16. The van der Waals surface area contributed by atoms with Crippen molar-refractivity contribution in [2.45, 2.75) is 38.3 Å². The predicted molar refractivity (Wildman–Crippen MR) is 144 cm³/mol. The molecule has 0 spiro atoms. The van der Waals surface area contributed by atoms with Gasteiger partial charge in [-0.1, -0.05) is 12.1 Å². The van der Waals surface area contributed by atoms with Crippen LogP contribution < -0.4 is 18.9 Å². The maximum absolute atomic E-state index is 13.3. The number of benzene rings is 3. The second-order valence-corrected chi connectivity index (χ2v) is 9.32. The average molecular weight is 531 g/mol. The molecule has 1 fully saturated rings. The molecule has 0 radical (unpaired) electrons. The van der Waals surface area contributed by atoms with Crippen molar-refractivity contribution in [3.8, 4) is 23.1 Å². The van der Waals surface area contributed by atoms with Crippen LogP contribution in [-0.2, 0) is 11.3 Å². The molecule has 9 heteroatoms. The fourth-order valence-corrected chi connectivity index (χ4v) is 4.77. The van der Waals surface area contributed by atoms with Gasteiger partial charge in [0.15, 0.2) is 11.5 Å². The van der Waals surface area contributed by atoms with E-state index >= 15 is 0 Å². The van der Waals surface area contributed by atoms with Gasteiger partial charge in [-0.15, -0.1) is 5.10 Å². The summed E-state index contributed by atoms with van der Waals surface area (Å²) in [5, 5.41) is 5.22. The van der Waals surface area contributed by atoms with E-state index in [1.54, 1.807) is 61.4 Å². The van der Waals surface area contributed by atoms with Crippen molar-refractivity contribution >= 4 is 22.8 Å². The van der Waals surface area contributed by atoms with E-state index in [9.17, 15) is 9.59 Å². The minimum Gasteiger partial charge on any atom is -0.497 e. The Morgan fingerprint density at radius 3 is 2.41 bits per heavy atom. The standard InChI is InChI=1S/C30H30N2O7/c1-35-23-12-13-25-24(17-23)28(31-32(25)18-19-7-6-8-20(15-19)29(33)37-3)39-30(34)21-11-14-26(36-2)27(16-21)38-22-9-4-5-10-22/h6-8,11-17,22H,4-5,9-10,18H2,1-3H3. The first-order valence-electron chi connectivity index (χ1n) is 12.8. The van der Waals surface area contributed by atoms with Crippen LogP contribution in [-0.4, -0.2) is 49.2 Å². The van der Waals surface area contributed by atoms with E-state index in [-0.39, 0.29) is 12.0 Å². The second-order valence-electron chi connectivity index (χ2n) is 9.32. The molecule has 0 saturated heterocycles. The summed E-state index contributed by atoms with van der Waals surface area (Å²) in [7, 11) is 4.48. The molecule has 0 amide bonds. The summed E-state index contributed by atoms with van der Waals surface area (Å²) in [6, 6.07) is 17.5.